The van der Waals surface area contributed by atoms with Crippen molar-refractivity contribution in [1.29, 1.82) is 5.26 Å². The van der Waals surface area contributed by atoms with E-state index in [2.05, 4.69) is 18.1 Å². The molecule has 0 spiro atoms. The highest BCUT2D eigenvalue weighted by Crippen LogP contribution is 2.01. The lowest BCUT2D eigenvalue weighted by Crippen LogP contribution is -1.89. The summed E-state index contributed by atoms with van der Waals surface area (Å²) >= 11 is 0. The van der Waals surface area contributed by atoms with E-state index < -0.39 is 0 Å². The Bertz CT molecular complexity index is 363. The third-order valence-corrected chi connectivity index (χ3v) is 2.16. The summed E-state index contributed by atoms with van der Waals surface area (Å²) in [6.45, 7) is 2.82. The number of hydrogen-bond donors (Lipinski definition) is 0. The van der Waals surface area contributed by atoms with Crippen LogP contribution in [0.4, 0.5) is 0 Å². The van der Waals surface area contributed by atoms with Gasteiger partial charge < -0.3 is 4.84 Å². The van der Waals surface area contributed by atoms with E-state index in [1.165, 1.54) is 12.8 Å². The third kappa shape index (κ3) is 4.61. The molecule has 1 rings (SSSR count). The third-order valence-electron chi connectivity index (χ3n) is 2.16. The first-order valence-electron chi connectivity index (χ1n) is 5.52. The maximum absolute atomic E-state index is 8.62. The molecule has 1 aromatic carbocycles. The zero-order valence-corrected chi connectivity index (χ0v) is 9.52. The zero-order valence-electron chi connectivity index (χ0n) is 9.52. The van der Waals surface area contributed by atoms with Crippen LogP contribution >= 0.6 is 0 Å². The van der Waals surface area contributed by atoms with Crippen molar-refractivity contribution in [2.75, 3.05) is 6.61 Å². The number of oxime groups is 1. The van der Waals surface area contributed by atoms with Crippen molar-refractivity contribution in [3.8, 4) is 6.07 Å². The normalized spacial score (nSPS) is 10.2. The average molecular weight is 216 g/mol. The molecule has 0 fully saturated rings. The molecule has 0 atom stereocenters. The highest BCUT2D eigenvalue weighted by atomic mass is 16.6. The molecule has 0 amide bonds. The minimum Gasteiger partial charge on any atom is -0.396 e. The zero-order chi connectivity index (χ0) is 11.6. The Balaban J connectivity index is 2.30. The van der Waals surface area contributed by atoms with Gasteiger partial charge in [0.25, 0.3) is 0 Å². The molecule has 0 radical (unpaired) electrons. The van der Waals surface area contributed by atoms with Gasteiger partial charge in [0.15, 0.2) is 0 Å². The molecule has 3 nitrogen and oxygen atoms in total. The van der Waals surface area contributed by atoms with Crippen LogP contribution in [0.15, 0.2) is 29.4 Å². The van der Waals surface area contributed by atoms with Crippen molar-refractivity contribution in [1.82, 2.24) is 0 Å². The predicted molar refractivity (Wildman–Crippen MR) is 64.2 cm³/mol. The molecule has 3 heteroatoms. The van der Waals surface area contributed by atoms with Crippen molar-refractivity contribution in [3.63, 3.8) is 0 Å². The van der Waals surface area contributed by atoms with Gasteiger partial charge in [-0.15, -0.1) is 0 Å². The lowest BCUT2D eigenvalue weighted by atomic mass is 10.2. The van der Waals surface area contributed by atoms with Gasteiger partial charge in [0.05, 0.1) is 17.8 Å². The molecule has 0 heterocycles. The molecule has 16 heavy (non-hydrogen) atoms. The lowest BCUT2D eigenvalue weighted by molar-refractivity contribution is 0.141. The molecule has 0 aliphatic heterocycles. The predicted octanol–water partition coefficient (Wildman–Crippen LogP) is 3.10. The smallest absolute Gasteiger partial charge is 0.117 e. The fraction of sp³-hybridized carbons (Fsp3) is 0.385. The van der Waals surface area contributed by atoms with Crippen LogP contribution in [0.3, 0.4) is 0 Å². The van der Waals surface area contributed by atoms with E-state index >= 15 is 0 Å². The monoisotopic (exact) mass is 216 g/mol. The molecular formula is C13H16N2O. The molecule has 0 N–H and O–H groups in total. The quantitative estimate of drug-likeness (QED) is 0.416. The second-order valence-electron chi connectivity index (χ2n) is 3.51. The van der Waals surface area contributed by atoms with Gasteiger partial charge in [-0.05, 0) is 24.1 Å². The van der Waals surface area contributed by atoms with E-state index in [0.717, 1.165) is 12.0 Å². The summed E-state index contributed by atoms with van der Waals surface area (Å²) in [5.74, 6) is 0. The molecule has 0 aromatic heterocycles. The standard InChI is InChI=1S/C13H16N2O/c1-2-3-4-9-16-15-11-13-7-5-12(10-14)6-8-13/h5-8,11H,2-4,9H2,1H3. The summed E-state index contributed by atoms with van der Waals surface area (Å²) in [7, 11) is 0. The van der Waals surface area contributed by atoms with Crippen molar-refractivity contribution in [3.05, 3.63) is 35.4 Å². The van der Waals surface area contributed by atoms with E-state index in [0.29, 0.717) is 12.2 Å². The van der Waals surface area contributed by atoms with Crippen molar-refractivity contribution >= 4 is 6.21 Å². The summed E-state index contributed by atoms with van der Waals surface area (Å²) in [5.41, 5.74) is 1.59. The average Bonchev–Trinajstić information content (AvgIpc) is 2.34. The Kier molecular flexibility index (Phi) is 5.72. The summed E-state index contributed by atoms with van der Waals surface area (Å²) in [6, 6.07) is 9.28. The van der Waals surface area contributed by atoms with Crippen LogP contribution in [-0.4, -0.2) is 12.8 Å². The van der Waals surface area contributed by atoms with Gasteiger partial charge in [0.2, 0.25) is 0 Å². The first-order valence-corrected chi connectivity index (χ1v) is 5.52. The fourth-order valence-corrected chi connectivity index (χ4v) is 1.21. The van der Waals surface area contributed by atoms with Gasteiger partial charge in [-0.1, -0.05) is 37.1 Å². The van der Waals surface area contributed by atoms with Gasteiger partial charge in [-0.2, -0.15) is 5.26 Å². The summed E-state index contributed by atoms with van der Waals surface area (Å²) < 4.78 is 0. The Hall–Kier alpha value is -1.82. The number of hydrogen-bond acceptors (Lipinski definition) is 3. The maximum Gasteiger partial charge on any atom is 0.117 e. The van der Waals surface area contributed by atoms with Crippen LogP contribution in [0.2, 0.25) is 0 Å². The fourth-order valence-electron chi connectivity index (χ4n) is 1.21. The molecule has 0 saturated carbocycles. The van der Waals surface area contributed by atoms with Crippen LogP contribution in [0, 0.1) is 11.3 Å². The highest BCUT2D eigenvalue weighted by Gasteiger charge is 1.90. The topological polar surface area (TPSA) is 45.4 Å². The number of nitriles is 1. The Labute approximate surface area is 96.3 Å². The van der Waals surface area contributed by atoms with Crippen LogP contribution in [0.1, 0.15) is 37.3 Å². The number of rotatable bonds is 6. The molecule has 0 bridgehead atoms. The molecule has 1 aromatic rings. The molecule has 0 aliphatic rings. The van der Waals surface area contributed by atoms with Crippen LogP contribution in [-0.2, 0) is 4.84 Å². The highest BCUT2D eigenvalue weighted by molar-refractivity contribution is 5.79. The Morgan fingerprint density at radius 2 is 2.06 bits per heavy atom. The minimum atomic E-state index is 0.654. The Morgan fingerprint density at radius 3 is 2.69 bits per heavy atom. The van der Waals surface area contributed by atoms with E-state index in [4.69, 9.17) is 10.1 Å². The van der Waals surface area contributed by atoms with Gasteiger partial charge in [-0.25, -0.2) is 0 Å². The second kappa shape index (κ2) is 7.47. The summed E-state index contributed by atoms with van der Waals surface area (Å²) in [6.07, 6.45) is 5.06. The molecular weight excluding hydrogens is 200 g/mol. The first kappa shape index (κ1) is 12.3. The van der Waals surface area contributed by atoms with E-state index in [9.17, 15) is 0 Å². The minimum absolute atomic E-state index is 0.654. The SMILES string of the molecule is CCCCCON=Cc1ccc(C#N)cc1. The largest absolute Gasteiger partial charge is 0.396 e. The van der Waals surface area contributed by atoms with E-state index in [-0.39, 0.29) is 0 Å². The molecule has 0 saturated heterocycles. The maximum atomic E-state index is 8.62. The molecule has 0 unspecified atom stereocenters. The van der Waals surface area contributed by atoms with E-state index in [1.54, 1.807) is 18.3 Å². The lowest BCUT2D eigenvalue weighted by Gasteiger charge is -1.97. The number of benzene rings is 1. The van der Waals surface area contributed by atoms with Crippen LogP contribution < -0.4 is 0 Å². The van der Waals surface area contributed by atoms with Crippen molar-refractivity contribution in [2.45, 2.75) is 26.2 Å². The van der Waals surface area contributed by atoms with Crippen LogP contribution in [0.25, 0.3) is 0 Å². The summed E-state index contributed by atoms with van der Waals surface area (Å²) in [4.78, 5) is 5.10. The molecule has 84 valence electrons. The first-order chi connectivity index (χ1) is 7.86. The van der Waals surface area contributed by atoms with Gasteiger partial charge in [-0.3, -0.25) is 0 Å². The second-order valence-corrected chi connectivity index (χ2v) is 3.51. The van der Waals surface area contributed by atoms with Crippen molar-refractivity contribution in [2.24, 2.45) is 5.16 Å². The van der Waals surface area contributed by atoms with Gasteiger partial charge in [0, 0.05) is 0 Å². The Morgan fingerprint density at radius 1 is 1.31 bits per heavy atom. The van der Waals surface area contributed by atoms with Crippen molar-refractivity contribution < 1.29 is 4.84 Å². The molecule has 0 aliphatic carbocycles. The van der Waals surface area contributed by atoms with Gasteiger partial charge >= 0.3 is 0 Å². The van der Waals surface area contributed by atoms with Crippen LogP contribution in [0.5, 0.6) is 0 Å². The summed E-state index contributed by atoms with van der Waals surface area (Å²) in [5, 5.41) is 12.5. The van der Waals surface area contributed by atoms with E-state index in [1.807, 2.05) is 12.1 Å². The van der Waals surface area contributed by atoms with Gasteiger partial charge in [0.1, 0.15) is 6.61 Å². The number of nitrogens with zero attached hydrogens (tertiary/aromatic N) is 2. The number of unbranched alkanes of at least 4 members (excludes halogenated alkanes) is 2.